The van der Waals surface area contributed by atoms with Crippen LogP contribution in [0.15, 0.2) is 36.4 Å². The summed E-state index contributed by atoms with van der Waals surface area (Å²) in [5.74, 6) is 0.556. The van der Waals surface area contributed by atoms with E-state index in [0.717, 1.165) is 22.5 Å². The van der Waals surface area contributed by atoms with Crippen molar-refractivity contribution in [1.29, 1.82) is 0 Å². The lowest BCUT2D eigenvalue weighted by Gasteiger charge is -2.11. The van der Waals surface area contributed by atoms with Crippen molar-refractivity contribution >= 4 is 17.6 Å². The number of ether oxygens (including phenoxy) is 2. The fraction of sp³-hybridized carbons (Fsp3) is 0.250. The van der Waals surface area contributed by atoms with Gasteiger partial charge in [-0.05, 0) is 51.1 Å². The third-order valence-corrected chi connectivity index (χ3v) is 4.35. The van der Waals surface area contributed by atoms with Crippen molar-refractivity contribution < 1.29 is 14.3 Å². The first-order chi connectivity index (χ1) is 12.9. The van der Waals surface area contributed by atoms with Gasteiger partial charge in [-0.25, -0.2) is 14.5 Å². The van der Waals surface area contributed by atoms with E-state index in [1.807, 2.05) is 45.0 Å². The van der Waals surface area contributed by atoms with Crippen LogP contribution in [0, 0.1) is 20.8 Å². The van der Waals surface area contributed by atoms with Gasteiger partial charge in [-0.15, -0.1) is 0 Å². The molecule has 2 heterocycles. The van der Waals surface area contributed by atoms with Crippen LogP contribution in [0.3, 0.4) is 0 Å². The number of nitrogens with zero attached hydrogens (tertiary/aromatic N) is 3. The molecule has 0 bridgehead atoms. The summed E-state index contributed by atoms with van der Waals surface area (Å²) in [6.45, 7) is 5.83. The maximum Gasteiger partial charge on any atom is 0.358 e. The summed E-state index contributed by atoms with van der Waals surface area (Å²) in [5.41, 5.74) is 3.64. The number of benzene rings is 1. The van der Waals surface area contributed by atoms with Crippen LogP contribution in [-0.4, -0.2) is 27.8 Å². The van der Waals surface area contributed by atoms with E-state index < -0.39 is 5.97 Å². The number of carbonyl (C=O) groups is 1. The number of aromatic nitrogens is 3. The number of rotatable bonds is 5. The molecule has 0 fully saturated rings. The number of hydrogen-bond acceptors (Lipinski definition) is 5. The Morgan fingerprint density at radius 3 is 2.59 bits per heavy atom. The van der Waals surface area contributed by atoms with Gasteiger partial charge in [0.25, 0.3) is 0 Å². The number of methoxy groups -OCH3 is 1. The van der Waals surface area contributed by atoms with Gasteiger partial charge in [-0.3, -0.25) is 0 Å². The van der Waals surface area contributed by atoms with Crippen LogP contribution in [0.1, 0.15) is 33.0 Å². The highest BCUT2D eigenvalue weighted by atomic mass is 35.5. The Hall–Kier alpha value is -2.86. The molecule has 0 saturated heterocycles. The molecule has 140 valence electrons. The van der Waals surface area contributed by atoms with Gasteiger partial charge in [0.15, 0.2) is 11.5 Å². The quantitative estimate of drug-likeness (QED) is 0.615. The number of hydrogen-bond donors (Lipinski definition) is 0. The Bertz CT molecular complexity index is 998. The Balaban J connectivity index is 1.84. The molecule has 27 heavy (non-hydrogen) atoms. The Labute approximate surface area is 162 Å². The van der Waals surface area contributed by atoms with Crippen LogP contribution in [0.25, 0.3) is 5.82 Å². The summed E-state index contributed by atoms with van der Waals surface area (Å²) in [4.78, 5) is 16.9. The Morgan fingerprint density at radius 1 is 1.15 bits per heavy atom. The van der Waals surface area contributed by atoms with Gasteiger partial charge in [-0.1, -0.05) is 23.2 Å². The minimum absolute atomic E-state index is 0.0494. The summed E-state index contributed by atoms with van der Waals surface area (Å²) >= 11 is 6.17. The fourth-order valence-corrected chi connectivity index (χ4v) is 2.97. The zero-order valence-electron chi connectivity index (χ0n) is 15.6. The van der Waals surface area contributed by atoms with Gasteiger partial charge >= 0.3 is 5.97 Å². The normalized spacial score (nSPS) is 10.7. The Morgan fingerprint density at radius 2 is 1.93 bits per heavy atom. The van der Waals surface area contributed by atoms with Crippen molar-refractivity contribution in [3.8, 4) is 11.6 Å². The maximum absolute atomic E-state index is 12.6. The summed E-state index contributed by atoms with van der Waals surface area (Å²) < 4.78 is 12.4. The molecule has 3 rings (SSSR count). The van der Waals surface area contributed by atoms with Gasteiger partial charge in [0, 0.05) is 11.3 Å². The summed E-state index contributed by atoms with van der Waals surface area (Å²) in [7, 11) is 1.58. The molecule has 0 aliphatic heterocycles. The third-order valence-electron chi connectivity index (χ3n) is 4.05. The number of aryl methyl sites for hydroxylation is 3. The number of pyridine rings is 1. The third kappa shape index (κ3) is 4.11. The fourth-order valence-electron chi connectivity index (χ4n) is 2.79. The second-order valence-corrected chi connectivity index (χ2v) is 6.64. The first-order valence-corrected chi connectivity index (χ1v) is 8.77. The molecule has 7 heteroatoms. The molecule has 0 saturated carbocycles. The smallest absolute Gasteiger partial charge is 0.358 e. The molecule has 0 aliphatic carbocycles. The highest BCUT2D eigenvalue weighted by molar-refractivity contribution is 6.33. The molecular formula is C20H20ClN3O3. The lowest BCUT2D eigenvalue weighted by atomic mass is 10.1. The molecule has 0 spiro atoms. The zero-order valence-corrected chi connectivity index (χ0v) is 16.4. The standard InChI is InChI=1S/C20H20ClN3O3/c1-12-5-7-17(26-4)15(9-12)11-27-20(25)19-16(21)6-8-18(22-19)24-14(3)10-13(2)23-24/h5-10H,11H2,1-4H3. The lowest BCUT2D eigenvalue weighted by molar-refractivity contribution is 0.0463. The zero-order chi connectivity index (χ0) is 19.6. The van der Waals surface area contributed by atoms with Crippen LogP contribution < -0.4 is 4.74 Å². The van der Waals surface area contributed by atoms with Crippen LogP contribution in [0.2, 0.25) is 5.02 Å². The Kier molecular flexibility index (Phi) is 5.46. The van der Waals surface area contributed by atoms with E-state index in [9.17, 15) is 4.79 Å². The second kappa shape index (κ2) is 7.80. The average Bonchev–Trinajstić information content (AvgIpc) is 2.98. The van der Waals surface area contributed by atoms with Crippen molar-refractivity contribution in [1.82, 2.24) is 14.8 Å². The van der Waals surface area contributed by atoms with Crippen molar-refractivity contribution in [3.63, 3.8) is 0 Å². The van der Waals surface area contributed by atoms with E-state index >= 15 is 0 Å². The molecule has 6 nitrogen and oxygen atoms in total. The second-order valence-electron chi connectivity index (χ2n) is 6.23. The molecule has 0 radical (unpaired) electrons. The topological polar surface area (TPSA) is 66.2 Å². The summed E-state index contributed by atoms with van der Waals surface area (Å²) in [5, 5.41) is 4.60. The minimum atomic E-state index is -0.605. The van der Waals surface area contributed by atoms with Crippen molar-refractivity contribution in [2.45, 2.75) is 27.4 Å². The molecule has 0 atom stereocenters. The molecule has 3 aromatic rings. The van der Waals surface area contributed by atoms with E-state index in [1.165, 1.54) is 0 Å². The molecular weight excluding hydrogens is 366 g/mol. The van der Waals surface area contributed by atoms with E-state index in [2.05, 4.69) is 10.1 Å². The van der Waals surface area contributed by atoms with Crippen LogP contribution >= 0.6 is 11.6 Å². The molecule has 0 amide bonds. The summed E-state index contributed by atoms with van der Waals surface area (Å²) in [6, 6.07) is 10.9. The van der Waals surface area contributed by atoms with Gasteiger partial charge < -0.3 is 9.47 Å². The monoisotopic (exact) mass is 385 g/mol. The van der Waals surface area contributed by atoms with Crippen LogP contribution in [0.5, 0.6) is 5.75 Å². The van der Waals surface area contributed by atoms with Crippen LogP contribution in [-0.2, 0) is 11.3 Å². The largest absolute Gasteiger partial charge is 0.496 e. The lowest BCUT2D eigenvalue weighted by Crippen LogP contribution is -2.12. The highest BCUT2D eigenvalue weighted by Gasteiger charge is 2.17. The van der Waals surface area contributed by atoms with Gasteiger partial charge in [0.05, 0.1) is 17.8 Å². The van der Waals surface area contributed by atoms with E-state index in [4.69, 9.17) is 21.1 Å². The summed E-state index contributed by atoms with van der Waals surface area (Å²) in [6.07, 6.45) is 0. The number of halogens is 1. The number of esters is 1. The van der Waals surface area contributed by atoms with E-state index in [0.29, 0.717) is 11.6 Å². The average molecular weight is 386 g/mol. The van der Waals surface area contributed by atoms with Gasteiger partial charge in [0.1, 0.15) is 12.4 Å². The predicted octanol–water partition coefficient (Wildman–Crippen LogP) is 4.21. The molecule has 2 aromatic heterocycles. The SMILES string of the molecule is COc1ccc(C)cc1COC(=O)c1nc(-n2nc(C)cc2C)ccc1Cl. The maximum atomic E-state index is 12.6. The first kappa shape index (κ1) is 18.9. The van der Waals surface area contributed by atoms with E-state index in [1.54, 1.807) is 23.9 Å². The van der Waals surface area contributed by atoms with Gasteiger partial charge in [0.2, 0.25) is 0 Å². The first-order valence-electron chi connectivity index (χ1n) is 8.40. The van der Waals surface area contributed by atoms with Crippen molar-refractivity contribution in [2.24, 2.45) is 0 Å². The van der Waals surface area contributed by atoms with E-state index in [-0.39, 0.29) is 17.3 Å². The van der Waals surface area contributed by atoms with Crippen molar-refractivity contribution in [2.75, 3.05) is 7.11 Å². The number of carbonyl (C=O) groups excluding carboxylic acids is 1. The molecule has 0 unspecified atom stereocenters. The van der Waals surface area contributed by atoms with Gasteiger partial charge in [-0.2, -0.15) is 5.10 Å². The highest BCUT2D eigenvalue weighted by Crippen LogP contribution is 2.22. The van der Waals surface area contributed by atoms with Crippen LogP contribution in [0.4, 0.5) is 0 Å². The molecule has 0 aliphatic rings. The minimum Gasteiger partial charge on any atom is -0.496 e. The predicted molar refractivity (Wildman–Crippen MR) is 103 cm³/mol. The molecule has 1 aromatic carbocycles. The van der Waals surface area contributed by atoms with Crippen molar-refractivity contribution in [3.05, 3.63) is 69.6 Å². The molecule has 0 N–H and O–H groups in total.